The minimum atomic E-state index is -0.0200. The summed E-state index contributed by atoms with van der Waals surface area (Å²) in [5.41, 5.74) is 0. The smallest absolute Gasteiger partial charge is 0.854 e. The van der Waals surface area contributed by atoms with Crippen molar-refractivity contribution in [2.45, 2.75) is 19.3 Å². The monoisotopic (exact) mass is 356 g/mol. The summed E-state index contributed by atoms with van der Waals surface area (Å²) in [5.74, 6) is 0. The molecule has 7 heteroatoms. The van der Waals surface area contributed by atoms with E-state index in [4.69, 9.17) is 0 Å². The molecule has 0 radical (unpaired) electrons. The first kappa shape index (κ1) is 28.1. The first-order valence-electron chi connectivity index (χ1n) is 5.96. The number of rotatable bonds is 9. The molecule has 0 saturated carbocycles. The van der Waals surface area contributed by atoms with Crippen LogP contribution in [0.2, 0.25) is 0 Å². The Morgan fingerprint density at radius 3 is 0.842 bits per heavy atom. The van der Waals surface area contributed by atoms with Crippen molar-refractivity contribution in [3.8, 4) is 0 Å². The summed E-state index contributed by atoms with van der Waals surface area (Å²) in [5, 5.41) is 28.8. The molecule has 0 spiro atoms. The van der Waals surface area contributed by atoms with E-state index in [1.165, 1.54) is 0 Å². The molecule has 0 aromatic heterocycles. The molecule has 0 fully saturated rings. The van der Waals surface area contributed by atoms with E-state index >= 15 is 0 Å². The van der Waals surface area contributed by atoms with Crippen LogP contribution in [0.3, 0.4) is 0 Å². The second-order valence-electron chi connectivity index (χ2n) is 3.15. The van der Waals surface area contributed by atoms with Crippen LogP contribution in [0.4, 0.5) is 0 Å². The van der Waals surface area contributed by atoms with Gasteiger partial charge in [-0.05, 0) is 19.3 Å². The Hall–Kier alpha value is 0.864. The summed E-state index contributed by atoms with van der Waals surface area (Å²) in [6.45, 7) is 1.74. The van der Waals surface area contributed by atoms with E-state index in [1.807, 2.05) is 0 Å². The molecule has 0 rings (SSSR count). The Kier molecular flexibility index (Phi) is 53.8. The van der Waals surface area contributed by atoms with Gasteiger partial charge >= 0.3 is 32.7 Å². The minimum Gasteiger partial charge on any atom is -0.854 e. The van der Waals surface area contributed by atoms with Gasteiger partial charge in [-0.3, -0.25) is 0 Å². The molecule has 0 aliphatic carbocycles. The second kappa shape index (κ2) is 36.4. The van der Waals surface area contributed by atoms with Crippen LogP contribution in [0, 0.1) is 0 Å². The molecule has 114 valence electrons. The molecule has 6 nitrogen and oxygen atoms in total. The number of ether oxygens (including phenoxy) is 3. The third kappa shape index (κ3) is 55.1. The van der Waals surface area contributed by atoms with Crippen LogP contribution in [0.25, 0.3) is 0 Å². The minimum absolute atomic E-state index is 0. The Balaban J connectivity index is -0.0000000865. The third-order valence-electron chi connectivity index (χ3n) is 1.48. The fraction of sp³-hybridized carbons (Fsp3) is 1.00. The second-order valence-corrected chi connectivity index (χ2v) is 3.15. The van der Waals surface area contributed by atoms with Gasteiger partial charge in [0.05, 0.1) is 0 Å². The summed E-state index contributed by atoms with van der Waals surface area (Å²) in [7, 11) is 4.78. The SMILES string of the molecule is COCCC[O-].COCCC[O-].COCCC[O-].[Y+3]. The average molecular weight is 356 g/mol. The number of methoxy groups -OCH3 is 3. The quantitative estimate of drug-likeness (QED) is 0.450. The van der Waals surface area contributed by atoms with E-state index in [2.05, 4.69) is 14.2 Å². The topological polar surface area (TPSA) is 96.9 Å². The van der Waals surface area contributed by atoms with Crippen LogP contribution in [0.5, 0.6) is 0 Å². The molecule has 0 amide bonds. The van der Waals surface area contributed by atoms with Crippen molar-refractivity contribution in [3.63, 3.8) is 0 Å². The standard InChI is InChI=1S/3C4H9O2.Y/c3*1-6-4-2-3-5;/h3*2-4H2,1H3;/q3*-1;+3. The van der Waals surface area contributed by atoms with Crippen molar-refractivity contribution in [1.82, 2.24) is 0 Å². The van der Waals surface area contributed by atoms with E-state index in [-0.39, 0.29) is 52.5 Å². The van der Waals surface area contributed by atoms with Gasteiger partial charge in [-0.15, -0.1) is 19.8 Å². The summed E-state index contributed by atoms with van der Waals surface area (Å²) < 4.78 is 13.7. The fourth-order valence-electron chi connectivity index (χ4n) is 0.610. The van der Waals surface area contributed by atoms with Crippen molar-refractivity contribution < 1.29 is 62.2 Å². The van der Waals surface area contributed by atoms with Crippen LogP contribution in [-0.2, 0) is 46.9 Å². The molecular formula is C12H27O6Y. The van der Waals surface area contributed by atoms with Gasteiger partial charge in [-0.2, -0.15) is 0 Å². The van der Waals surface area contributed by atoms with E-state index in [9.17, 15) is 15.3 Å². The molecule has 0 unspecified atom stereocenters. The number of hydrogen-bond donors (Lipinski definition) is 0. The summed E-state index contributed by atoms with van der Waals surface area (Å²) >= 11 is 0. The largest absolute Gasteiger partial charge is 3.00 e. The zero-order valence-electron chi connectivity index (χ0n) is 12.4. The zero-order valence-corrected chi connectivity index (χ0v) is 15.2. The van der Waals surface area contributed by atoms with E-state index in [1.54, 1.807) is 21.3 Å². The van der Waals surface area contributed by atoms with Crippen molar-refractivity contribution >= 4 is 0 Å². The third-order valence-corrected chi connectivity index (χ3v) is 1.48. The Bertz CT molecular complexity index is 77.2. The molecule has 0 aliphatic rings. The van der Waals surface area contributed by atoms with Gasteiger partial charge in [0.2, 0.25) is 0 Å². The summed E-state index contributed by atoms with van der Waals surface area (Å²) in [6.07, 6.45) is 1.91. The number of hydrogen-bond acceptors (Lipinski definition) is 6. The molecule has 0 aromatic carbocycles. The maximum absolute atomic E-state index is 9.61. The molecule has 0 bridgehead atoms. The van der Waals surface area contributed by atoms with Gasteiger partial charge in [-0.25, -0.2) is 0 Å². The molecule has 0 saturated heterocycles. The van der Waals surface area contributed by atoms with E-state index < -0.39 is 0 Å². The van der Waals surface area contributed by atoms with Gasteiger partial charge in [0, 0.05) is 41.2 Å². The summed E-state index contributed by atoms with van der Waals surface area (Å²) in [4.78, 5) is 0. The molecule has 0 atom stereocenters. The summed E-state index contributed by atoms with van der Waals surface area (Å²) in [6, 6.07) is 0. The van der Waals surface area contributed by atoms with Crippen molar-refractivity contribution in [2.24, 2.45) is 0 Å². The average Bonchev–Trinajstić information content (AvgIpc) is 2.42. The Morgan fingerprint density at radius 2 is 0.789 bits per heavy atom. The first-order valence-corrected chi connectivity index (χ1v) is 5.96. The van der Waals surface area contributed by atoms with Gasteiger partial charge in [-0.1, -0.05) is 0 Å². The molecule has 0 aromatic rings. The molecule has 0 aliphatic heterocycles. The maximum Gasteiger partial charge on any atom is 3.00 e. The van der Waals surface area contributed by atoms with Crippen molar-refractivity contribution in [3.05, 3.63) is 0 Å². The normalized spacial score (nSPS) is 8.53. The Morgan fingerprint density at radius 1 is 0.579 bits per heavy atom. The van der Waals surface area contributed by atoms with Crippen LogP contribution in [0.1, 0.15) is 19.3 Å². The molecule has 0 heterocycles. The van der Waals surface area contributed by atoms with Gasteiger partial charge < -0.3 is 29.5 Å². The van der Waals surface area contributed by atoms with E-state index in [0.717, 1.165) is 0 Å². The van der Waals surface area contributed by atoms with Crippen LogP contribution < -0.4 is 15.3 Å². The Labute approximate surface area is 142 Å². The van der Waals surface area contributed by atoms with Gasteiger partial charge in [0.1, 0.15) is 0 Å². The fourth-order valence-corrected chi connectivity index (χ4v) is 0.610. The molecule has 0 N–H and O–H groups in total. The van der Waals surface area contributed by atoms with Crippen LogP contribution >= 0.6 is 0 Å². The first-order chi connectivity index (χ1) is 8.74. The maximum atomic E-state index is 9.61. The van der Waals surface area contributed by atoms with Crippen molar-refractivity contribution in [1.29, 1.82) is 0 Å². The van der Waals surface area contributed by atoms with Crippen molar-refractivity contribution in [2.75, 3.05) is 61.0 Å². The van der Waals surface area contributed by atoms with Crippen LogP contribution in [-0.4, -0.2) is 61.0 Å². The predicted molar refractivity (Wildman–Crippen MR) is 64.1 cm³/mol. The zero-order chi connectivity index (χ0) is 14.5. The van der Waals surface area contributed by atoms with E-state index in [0.29, 0.717) is 39.1 Å². The van der Waals surface area contributed by atoms with Gasteiger partial charge in [0.25, 0.3) is 0 Å². The predicted octanol–water partition coefficient (Wildman–Crippen LogP) is -1.85. The molecular weight excluding hydrogens is 329 g/mol. The van der Waals surface area contributed by atoms with Crippen LogP contribution in [0.15, 0.2) is 0 Å². The molecule has 19 heavy (non-hydrogen) atoms. The van der Waals surface area contributed by atoms with Gasteiger partial charge in [0.15, 0.2) is 0 Å².